The normalized spacial score (nSPS) is 20.9. The van der Waals surface area contributed by atoms with Gasteiger partial charge in [-0.3, -0.25) is 4.90 Å². The summed E-state index contributed by atoms with van der Waals surface area (Å²) in [5.41, 5.74) is 7.24. The molecule has 0 unspecified atom stereocenters. The maximum absolute atomic E-state index is 5.78. The Hall–Kier alpha value is -0.860. The van der Waals surface area contributed by atoms with E-state index in [1.807, 2.05) is 0 Å². The molecule has 17 heavy (non-hydrogen) atoms. The Bertz CT molecular complexity index is 310. The van der Waals surface area contributed by atoms with Crippen molar-refractivity contribution in [1.82, 2.24) is 4.90 Å². The monoisotopic (exact) mass is 232 g/mol. The summed E-state index contributed by atoms with van der Waals surface area (Å²) >= 11 is 0. The first-order valence-electron chi connectivity index (χ1n) is 6.88. The van der Waals surface area contributed by atoms with Crippen LogP contribution in [-0.2, 0) is 6.42 Å². The fourth-order valence-corrected chi connectivity index (χ4v) is 2.75. The number of hydrogen-bond donors (Lipinski definition) is 1. The number of nitrogens with two attached hydrogens (primary N) is 1. The minimum atomic E-state index is 0.659. The third kappa shape index (κ3) is 3.83. The Kier molecular flexibility index (Phi) is 5.02. The highest BCUT2D eigenvalue weighted by atomic mass is 15.2. The quantitative estimate of drug-likeness (QED) is 0.763. The number of rotatable bonds is 6. The van der Waals surface area contributed by atoms with E-state index < -0.39 is 0 Å². The number of nitrogens with zero attached hydrogens (tertiary/aromatic N) is 1. The molecule has 1 atom stereocenters. The largest absolute Gasteiger partial charge is 0.329 e. The van der Waals surface area contributed by atoms with E-state index in [2.05, 4.69) is 35.2 Å². The Labute approximate surface area is 105 Å². The van der Waals surface area contributed by atoms with Crippen molar-refractivity contribution in [1.29, 1.82) is 0 Å². The van der Waals surface area contributed by atoms with Crippen molar-refractivity contribution in [2.45, 2.75) is 38.1 Å². The van der Waals surface area contributed by atoms with Crippen molar-refractivity contribution in [3.05, 3.63) is 35.9 Å². The molecule has 0 bridgehead atoms. The first-order chi connectivity index (χ1) is 8.40. The molecule has 0 saturated carbocycles. The summed E-state index contributed by atoms with van der Waals surface area (Å²) in [6.07, 6.45) is 6.43. The second kappa shape index (κ2) is 6.77. The van der Waals surface area contributed by atoms with Crippen LogP contribution in [0, 0.1) is 0 Å². The van der Waals surface area contributed by atoms with Crippen LogP contribution < -0.4 is 5.73 Å². The average molecular weight is 232 g/mol. The van der Waals surface area contributed by atoms with Gasteiger partial charge in [0.2, 0.25) is 0 Å². The van der Waals surface area contributed by atoms with Crippen LogP contribution in [0.1, 0.15) is 31.2 Å². The molecule has 94 valence electrons. The topological polar surface area (TPSA) is 29.3 Å². The molecule has 1 saturated heterocycles. The fourth-order valence-electron chi connectivity index (χ4n) is 2.75. The van der Waals surface area contributed by atoms with Crippen LogP contribution in [0.4, 0.5) is 0 Å². The van der Waals surface area contributed by atoms with E-state index in [4.69, 9.17) is 5.73 Å². The lowest BCUT2D eigenvalue weighted by Gasteiger charge is -2.22. The summed E-state index contributed by atoms with van der Waals surface area (Å²) in [7, 11) is 0. The lowest BCUT2D eigenvalue weighted by molar-refractivity contribution is 0.253. The molecule has 1 aliphatic heterocycles. The lowest BCUT2D eigenvalue weighted by Crippen LogP contribution is -2.36. The zero-order chi connectivity index (χ0) is 11.9. The average Bonchev–Trinajstić information content (AvgIpc) is 2.83. The van der Waals surface area contributed by atoms with Crippen LogP contribution in [-0.4, -0.2) is 30.6 Å². The van der Waals surface area contributed by atoms with Gasteiger partial charge in [-0.25, -0.2) is 0 Å². The van der Waals surface area contributed by atoms with Gasteiger partial charge in [-0.15, -0.1) is 0 Å². The first-order valence-corrected chi connectivity index (χ1v) is 6.88. The van der Waals surface area contributed by atoms with Gasteiger partial charge in [0.1, 0.15) is 0 Å². The van der Waals surface area contributed by atoms with E-state index in [1.165, 1.54) is 50.8 Å². The molecule has 0 amide bonds. The van der Waals surface area contributed by atoms with Crippen LogP contribution >= 0.6 is 0 Å². The second-order valence-electron chi connectivity index (χ2n) is 5.01. The van der Waals surface area contributed by atoms with Crippen molar-refractivity contribution in [3.8, 4) is 0 Å². The van der Waals surface area contributed by atoms with Crippen molar-refractivity contribution >= 4 is 0 Å². The Balaban J connectivity index is 1.63. The first kappa shape index (κ1) is 12.6. The van der Waals surface area contributed by atoms with Crippen molar-refractivity contribution in [2.75, 3.05) is 19.6 Å². The van der Waals surface area contributed by atoms with Gasteiger partial charge in [0.25, 0.3) is 0 Å². The number of hydrogen-bond acceptors (Lipinski definition) is 2. The highest BCUT2D eigenvalue weighted by molar-refractivity contribution is 5.14. The lowest BCUT2D eigenvalue weighted by atomic mass is 10.1. The summed E-state index contributed by atoms with van der Waals surface area (Å²) in [5, 5.41) is 0. The molecule has 1 heterocycles. The van der Waals surface area contributed by atoms with Crippen LogP contribution in [0.5, 0.6) is 0 Å². The van der Waals surface area contributed by atoms with E-state index in [-0.39, 0.29) is 0 Å². The Morgan fingerprint density at radius 1 is 1.18 bits per heavy atom. The molecule has 1 aliphatic rings. The molecule has 0 radical (unpaired) electrons. The van der Waals surface area contributed by atoms with Gasteiger partial charge in [-0.2, -0.15) is 0 Å². The van der Waals surface area contributed by atoms with E-state index in [0.29, 0.717) is 6.04 Å². The molecule has 2 N–H and O–H groups in total. The Morgan fingerprint density at radius 3 is 2.76 bits per heavy atom. The molecule has 1 aromatic carbocycles. The molecule has 2 heteroatoms. The molecular weight excluding hydrogens is 208 g/mol. The van der Waals surface area contributed by atoms with Crippen LogP contribution in [0.3, 0.4) is 0 Å². The second-order valence-corrected chi connectivity index (χ2v) is 5.01. The van der Waals surface area contributed by atoms with Gasteiger partial charge in [-0.05, 0) is 50.8 Å². The van der Waals surface area contributed by atoms with Gasteiger partial charge >= 0.3 is 0 Å². The maximum Gasteiger partial charge on any atom is 0.0218 e. The number of benzene rings is 1. The molecule has 0 aromatic heterocycles. The summed E-state index contributed by atoms with van der Waals surface area (Å²) in [4.78, 5) is 2.57. The van der Waals surface area contributed by atoms with Crippen LogP contribution in [0.25, 0.3) is 0 Å². The smallest absolute Gasteiger partial charge is 0.0218 e. The van der Waals surface area contributed by atoms with E-state index in [0.717, 1.165) is 6.54 Å². The van der Waals surface area contributed by atoms with Gasteiger partial charge < -0.3 is 5.73 Å². The number of unbranched alkanes of at least 4 members (excludes halogenated alkanes) is 1. The number of likely N-dealkylation sites (tertiary alicyclic amines) is 1. The summed E-state index contributed by atoms with van der Waals surface area (Å²) < 4.78 is 0. The summed E-state index contributed by atoms with van der Waals surface area (Å²) in [6.45, 7) is 3.32. The summed E-state index contributed by atoms with van der Waals surface area (Å²) in [6, 6.07) is 11.4. The molecular formula is C15H24N2. The molecule has 1 fully saturated rings. The van der Waals surface area contributed by atoms with Gasteiger partial charge in [0.15, 0.2) is 0 Å². The Morgan fingerprint density at radius 2 is 2.00 bits per heavy atom. The highest BCUT2D eigenvalue weighted by Gasteiger charge is 2.21. The van der Waals surface area contributed by atoms with Gasteiger partial charge in [0.05, 0.1) is 0 Å². The molecule has 2 nitrogen and oxygen atoms in total. The predicted octanol–water partition coefficient (Wildman–Crippen LogP) is 2.43. The summed E-state index contributed by atoms with van der Waals surface area (Å²) in [5.74, 6) is 0. The zero-order valence-electron chi connectivity index (χ0n) is 10.6. The number of aryl methyl sites for hydroxylation is 1. The minimum absolute atomic E-state index is 0.659. The van der Waals surface area contributed by atoms with E-state index in [9.17, 15) is 0 Å². The predicted molar refractivity (Wildman–Crippen MR) is 73.0 cm³/mol. The molecule has 0 spiro atoms. The van der Waals surface area contributed by atoms with Crippen LogP contribution in [0.2, 0.25) is 0 Å². The highest BCUT2D eigenvalue weighted by Crippen LogP contribution is 2.17. The van der Waals surface area contributed by atoms with Gasteiger partial charge in [0, 0.05) is 12.6 Å². The minimum Gasteiger partial charge on any atom is -0.329 e. The van der Waals surface area contributed by atoms with Crippen molar-refractivity contribution in [2.24, 2.45) is 5.73 Å². The molecule has 2 rings (SSSR count). The molecule has 1 aromatic rings. The maximum atomic E-state index is 5.78. The standard InChI is InChI=1S/C15H24N2/c16-13-15-10-6-12-17(15)11-5-4-9-14-7-2-1-3-8-14/h1-3,7-8,15H,4-6,9-13,16H2/t15-/m1/s1. The zero-order valence-corrected chi connectivity index (χ0v) is 10.6. The van der Waals surface area contributed by atoms with E-state index >= 15 is 0 Å². The third-order valence-corrected chi connectivity index (χ3v) is 3.77. The van der Waals surface area contributed by atoms with E-state index in [1.54, 1.807) is 0 Å². The van der Waals surface area contributed by atoms with Crippen LogP contribution in [0.15, 0.2) is 30.3 Å². The van der Waals surface area contributed by atoms with Crippen molar-refractivity contribution in [3.63, 3.8) is 0 Å². The SMILES string of the molecule is NC[C@H]1CCCN1CCCCc1ccccc1. The molecule has 0 aliphatic carbocycles. The fraction of sp³-hybridized carbons (Fsp3) is 0.600. The van der Waals surface area contributed by atoms with Gasteiger partial charge in [-0.1, -0.05) is 30.3 Å². The van der Waals surface area contributed by atoms with Crippen molar-refractivity contribution < 1.29 is 0 Å². The third-order valence-electron chi connectivity index (χ3n) is 3.77.